The minimum absolute atomic E-state index is 0.0563. The van der Waals surface area contributed by atoms with E-state index in [2.05, 4.69) is 29.8 Å². The predicted molar refractivity (Wildman–Crippen MR) is 136 cm³/mol. The van der Waals surface area contributed by atoms with E-state index in [4.69, 9.17) is 0 Å². The number of carbonyl (C=O) groups excluding carboxylic acids is 1. The Morgan fingerprint density at radius 2 is 1.57 bits per heavy atom. The molecule has 4 nitrogen and oxygen atoms in total. The molecule has 0 aliphatic carbocycles. The van der Waals surface area contributed by atoms with Crippen LogP contribution in [0.4, 0.5) is 14.5 Å². The number of halogens is 2. The zero-order chi connectivity index (χ0) is 24.4. The zero-order valence-corrected chi connectivity index (χ0v) is 19.8. The molecule has 0 spiro atoms. The van der Waals surface area contributed by atoms with E-state index < -0.39 is 0 Å². The van der Waals surface area contributed by atoms with Crippen molar-refractivity contribution in [2.45, 2.75) is 25.8 Å². The lowest BCUT2D eigenvalue weighted by Gasteiger charge is -2.36. The number of aryl methyl sites for hydroxylation is 1. The molecule has 1 amide bonds. The van der Waals surface area contributed by atoms with Crippen LogP contribution in [0.3, 0.4) is 0 Å². The van der Waals surface area contributed by atoms with E-state index in [-0.39, 0.29) is 23.5 Å². The van der Waals surface area contributed by atoms with Gasteiger partial charge in [-0.15, -0.1) is 0 Å². The summed E-state index contributed by atoms with van der Waals surface area (Å²) < 4.78 is 30.1. The third kappa shape index (κ3) is 4.65. The summed E-state index contributed by atoms with van der Waals surface area (Å²) in [4.78, 5) is 17.4. The summed E-state index contributed by atoms with van der Waals surface area (Å²) in [5.74, 6) is -0.665. The predicted octanol–water partition coefficient (Wildman–Crippen LogP) is 5.81. The zero-order valence-electron chi connectivity index (χ0n) is 19.8. The number of carbonyl (C=O) groups is 1. The Bertz CT molecular complexity index is 1320. The molecule has 35 heavy (non-hydrogen) atoms. The Labute approximate surface area is 204 Å². The first kappa shape index (κ1) is 23.1. The molecule has 5 rings (SSSR count). The fourth-order valence-electron chi connectivity index (χ4n) is 5.13. The van der Waals surface area contributed by atoms with Gasteiger partial charge >= 0.3 is 0 Å². The van der Waals surface area contributed by atoms with Crippen LogP contribution in [0, 0.1) is 11.6 Å². The van der Waals surface area contributed by atoms with Gasteiger partial charge in [0.05, 0.1) is 5.69 Å². The summed E-state index contributed by atoms with van der Waals surface area (Å²) in [6, 6.07) is 21.4. The van der Waals surface area contributed by atoms with Gasteiger partial charge in [-0.25, -0.2) is 8.78 Å². The first-order chi connectivity index (χ1) is 17.0. The number of para-hydroxylation sites is 2. The Hall–Kier alpha value is -3.67. The smallest absolute Gasteiger partial charge is 0.223 e. The van der Waals surface area contributed by atoms with Crippen LogP contribution in [0.25, 0.3) is 10.9 Å². The van der Waals surface area contributed by atoms with Gasteiger partial charge in [0, 0.05) is 62.2 Å². The molecule has 2 heterocycles. The first-order valence-corrected chi connectivity index (χ1v) is 12.2. The fourth-order valence-corrected chi connectivity index (χ4v) is 5.13. The largest absolute Gasteiger partial charge is 0.366 e. The van der Waals surface area contributed by atoms with Crippen LogP contribution in [0.2, 0.25) is 0 Å². The number of benzene rings is 3. The molecule has 1 saturated heterocycles. The molecule has 1 aliphatic rings. The van der Waals surface area contributed by atoms with Gasteiger partial charge in [-0.3, -0.25) is 4.79 Å². The quantitative estimate of drug-likeness (QED) is 0.354. The molecular weight excluding hydrogens is 444 g/mol. The Balaban J connectivity index is 1.40. The van der Waals surface area contributed by atoms with E-state index in [0.29, 0.717) is 38.3 Å². The maximum absolute atomic E-state index is 14.2. The summed E-state index contributed by atoms with van der Waals surface area (Å²) >= 11 is 0. The summed E-state index contributed by atoms with van der Waals surface area (Å²) in [7, 11) is 0. The number of hydrogen-bond donors (Lipinski definition) is 0. The van der Waals surface area contributed by atoms with Gasteiger partial charge in [0.2, 0.25) is 5.91 Å². The van der Waals surface area contributed by atoms with E-state index in [9.17, 15) is 13.6 Å². The van der Waals surface area contributed by atoms with Gasteiger partial charge in [0.25, 0.3) is 0 Å². The first-order valence-electron chi connectivity index (χ1n) is 12.2. The molecule has 1 aliphatic heterocycles. The molecule has 0 saturated carbocycles. The van der Waals surface area contributed by atoms with Crippen molar-refractivity contribution in [1.29, 1.82) is 0 Å². The second kappa shape index (κ2) is 9.90. The molecule has 0 bridgehead atoms. The molecule has 4 aromatic rings. The van der Waals surface area contributed by atoms with E-state index in [0.717, 1.165) is 28.6 Å². The summed E-state index contributed by atoms with van der Waals surface area (Å²) in [5.41, 5.74) is 3.70. The van der Waals surface area contributed by atoms with Crippen molar-refractivity contribution >= 4 is 22.5 Å². The highest BCUT2D eigenvalue weighted by molar-refractivity contribution is 5.86. The average Bonchev–Trinajstić information content (AvgIpc) is 3.27. The van der Waals surface area contributed by atoms with Crippen molar-refractivity contribution in [3.05, 3.63) is 102 Å². The normalized spacial score (nSPS) is 14.9. The molecule has 1 atom stereocenters. The lowest BCUT2D eigenvalue weighted by Crippen LogP contribution is -2.49. The van der Waals surface area contributed by atoms with Gasteiger partial charge in [0.1, 0.15) is 11.6 Å². The van der Waals surface area contributed by atoms with Crippen molar-refractivity contribution in [3.8, 4) is 0 Å². The summed E-state index contributed by atoms with van der Waals surface area (Å²) in [6.45, 7) is 5.18. The number of hydrogen-bond acceptors (Lipinski definition) is 2. The molecular formula is C29H29F2N3O. The Morgan fingerprint density at radius 3 is 2.29 bits per heavy atom. The summed E-state index contributed by atoms with van der Waals surface area (Å²) in [6.07, 6.45) is 2.42. The van der Waals surface area contributed by atoms with Gasteiger partial charge < -0.3 is 14.4 Å². The van der Waals surface area contributed by atoms with E-state index in [1.54, 1.807) is 24.3 Å². The number of fused-ring (bicyclic) bond motifs is 1. The number of nitrogens with zero attached hydrogens (tertiary/aromatic N) is 3. The molecule has 0 N–H and O–H groups in total. The monoisotopic (exact) mass is 473 g/mol. The van der Waals surface area contributed by atoms with Crippen LogP contribution >= 0.6 is 0 Å². The second-order valence-electron chi connectivity index (χ2n) is 9.02. The number of piperazine rings is 1. The van der Waals surface area contributed by atoms with Crippen LogP contribution in [0.1, 0.15) is 30.4 Å². The van der Waals surface area contributed by atoms with Gasteiger partial charge in [-0.05, 0) is 48.4 Å². The Morgan fingerprint density at radius 1 is 0.886 bits per heavy atom. The Kier molecular flexibility index (Phi) is 6.53. The van der Waals surface area contributed by atoms with E-state index in [1.165, 1.54) is 18.2 Å². The highest BCUT2D eigenvalue weighted by atomic mass is 19.1. The maximum atomic E-state index is 14.2. The SMILES string of the molecule is CCn1cc([C@@H](CC(=O)N2CCN(c3ccccc3F)CC2)c2ccc(F)cc2)c2ccccc21. The molecule has 6 heteroatoms. The lowest BCUT2D eigenvalue weighted by molar-refractivity contribution is -0.131. The van der Waals surface area contributed by atoms with E-state index in [1.807, 2.05) is 28.0 Å². The van der Waals surface area contributed by atoms with Crippen LogP contribution < -0.4 is 4.90 Å². The standard InChI is InChI=1S/C29H29F2N3O/c1-2-32-20-25(23-7-3-5-9-27(23)32)24(21-11-13-22(30)14-12-21)19-29(35)34-17-15-33(16-18-34)28-10-6-4-8-26(28)31/h3-14,20,24H,2,15-19H2,1H3/t24-/m0/s1. The number of rotatable bonds is 6. The topological polar surface area (TPSA) is 28.5 Å². The van der Waals surface area contributed by atoms with Crippen molar-refractivity contribution in [1.82, 2.24) is 9.47 Å². The fraction of sp³-hybridized carbons (Fsp3) is 0.276. The lowest BCUT2D eigenvalue weighted by atomic mass is 9.87. The molecule has 1 fully saturated rings. The molecule has 1 aromatic heterocycles. The van der Waals surface area contributed by atoms with Gasteiger partial charge in [-0.2, -0.15) is 0 Å². The molecule has 0 unspecified atom stereocenters. The third-order valence-corrected chi connectivity index (χ3v) is 7.01. The van der Waals surface area contributed by atoms with Gasteiger partial charge in [-0.1, -0.05) is 42.5 Å². The van der Waals surface area contributed by atoms with Crippen LogP contribution in [-0.2, 0) is 11.3 Å². The minimum atomic E-state index is -0.293. The highest BCUT2D eigenvalue weighted by Crippen LogP contribution is 2.35. The highest BCUT2D eigenvalue weighted by Gasteiger charge is 2.28. The number of aromatic nitrogens is 1. The number of amides is 1. The summed E-state index contributed by atoms with van der Waals surface area (Å²) in [5, 5.41) is 1.11. The number of anilines is 1. The third-order valence-electron chi connectivity index (χ3n) is 7.01. The van der Waals surface area contributed by atoms with Crippen molar-refractivity contribution in [3.63, 3.8) is 0 Å². The van der Waals surface area contributed by atoms with Crippen LogP contribution in [-0.4, -0.2) is 41.6 Å². The molecule has 0 radical (unpaired) electrons. The maximum Gasteiger partial charge on any atom is 0.223 e. The molecule has 180 valence electrons. The van der Waals surface area contributed by atoms with Crippen LogP contribution in [0.5, 0.6) is 0 Å². The second-order valence-corrected chi connectivity index (χ2v) is 9.02. The van der Waals surface area contributed by atoms with Gasteiger partial charge in [0.15, 0.2) is 0 Å². The van der Waals surface area contributed by atoms with Crippen molar-refractivity contribution in [2.75, 3.05) is 31.1 Å². The van der Waals surface area contributed by atoms with Crippen molar-refractivity contribution < 1.29 is 13.6 Å². The van der Waals surface area contributed by atoms with Crippen LogP contribution in [0.15, 0.2) is 79.0 Å². The van der Waals surface area contributed by atoms with E-state index >= 15 is 0 Å². The molecule has 3 aromatic carbocycles. The van der Waals surface area contributed by atoms with Crippen molar-refractivity contribution in [2.24, 2.45) is 0 Å². The average molecular weight is 474 g/mol. The minimum Gasteiger partial charge on any atom is -0.366 e.